The number of amides is 1. The second-order valence-corrected chi connectivity index (χ2v) is 7.05. The van der Waals surface area contributed by atoms with Crippen molar-refractivity contribution in [3.63, 3.8) is 0 Å². The third-order valence-electron chi connectivity index (χ3n) is 5.56. The summed E-state index contributed by atoms with van der Waals surface area (Å²) in [6.07, 6.45) is 2.46. The van der Waals surface area contributed by atoms with Crippen molar-refractivity contribution < 1.29 is 4.79 Å². The van der Waals surface area contributed by atoms with Gasteiger partial charge in [0.15, 0.2) is 0 Å². The van der Waals surface area contributed by atoms with Gasteiger partial charge >= 0.3 is 0 Å². The van der Waals surface area contributed by atoms with Gasteiger partial charge in [0.2, 0.25) is 5.91 Å². The SMILES string of the molecule is CCN(CC1CCCN1)C(=O)C1C(C)(C)C1(C)C. The molecule has 18 heavy (non-hydrogen) atoms. The van der Waals surface area contributed by atoms with Crippen molar-refractivity contribution in [1.82, 2.24) is 10.2 Å². The topological polar surface area (TPSA) is 32.3 Å². The molecule has 1 aliphatic carbocycles. The molecule has 2 fully saturated rings. The van der Waals surface area contributed by atoms with Gasteiger partial charge in [0, 0.05) is 25.0 Å². The smallest absolute Gasteiger partial charge is 0.226 e. The van der Waals surface area contributed by atoms with E-state index in [-0.39, 0.29) is 16.7 Å². The number of carbonyl (C=O) groups excluding carboxylic acids is 1. The predicted molar refractivity (Wildman–Crippen MR) is 74.3 cm³/mol. The maximum Gasteiger partial charge on any atom is 0.226 e. The van der Waals surface area contributed by atoms with Crippen LogP contribution in [0.25, 0.3) is 0 Å². The molecule has 2 aliphatic rings. The largest absolute Gasteiger partial charge is 0.341 e. The Morgan fingerprint density at radius 1 is 1.28 bits per heavy atom. The van der Waals surface area contributed by atoms with Gasteiger partial charge in [-0.3, -0.25) is 4.79 Å². The molecule has 0 aromatic rings. The molecule has 0 radical (unpaired) electrons. The lowest BCUT2D eigenvalue weighted by atomic mass is 10.0. The maximum atomic E-state index is 12.7. The molecule has 1 heterocycles. The lowest BCUT2D eigenvalue weighted by Gasteiger charge is -2.25. The lowest BCUT2D eigenvalue weighted by molar-refractivity contribution is -0.134. The first-order chi connectivity index (χ1) is 8.32. The summed E-state index contributed by atoms with van der Waals surface area (Å²) in [4.78, 5) is 14.7. The Morgan fingerprint density at radius 2 is 1.89 bits per heavy atom. The first kappa shape index (κ1) is 13.9. The molecule has 1 aliphatic heterocycles. The summed E-state index contributed by atoms with van der Waals surface area (Å²) >= 11 is 0. The molecular formula is C15H28N2O. The number of carbonyl (C=O) groups is 1. The Hall–Kier alpha value is -0.570. The van der Waals surface area contributed by atoms with E-state index in [1.807, 2.05) is 0 Å². The molecular weight excluding hydrogens is 224 g/mol. The van der Waals surface area contributed by atoms with Crippen LogP contribution in [0, 0.1) is 16.7 Å². The second kappa shape index (κ2) is 4.52. The van der Waals surface area contributed by atoms with Gasteiger partial charge in [0.25, 0.3) is 0 Å². The van der Waals surface area contributed by atoms with Gasteiger partial charge in [-0.2, -0.15) is 0 Å². The van der Waals surface area contributed by atoms with Crippen LogP contribution in [0.15, 0.2) is 0 Å². The molecule has 3 heteroatoms. The van der Waals surface area contributed by atoms with Crippen LogP contribution in [0.4, 0.5) is 0 Å². The molecule has 104 valence electrons. The van der Waals surface area contributed by atoms with E-state index in [1.165, 1.54) is 12.8 Å². The van der Waals surface area contributed by atoms with Gasteiger partial charge in [-0.25, -0.2) is 0 Å². The number of hydrogen-bond donors (Lipinski definition) is 1. The first-order valence-corrected chi connectivity index (χ1v) is 7.34. The average molecular weight is 252 g/mol. The molecule has 3 nitrogen and oxygen atoms in total. The summed E-state index contributed by atoms with van der Waals surface area (Å²) in [5.74, 6) is 0.563. The van der Waals surface area contributed by atoms with E-state index >= 15 is 0 Å². The van der Waals surface area contributed by atoms with Crippen molar-refractivity contribution >= 4 is 5.91 Å². The zero-order valence-electron chi connectivity index (χ0n) is 12.5. The Bertz CT molecular complexity index is 315. The van der Waals surface area contributed by atoms with Gasteiger partial charge in [0.1, 0.15) is 0 Å². The molecule has 1 saturated heterocycles. The Labute approximate surface area is 111 Å². The fraction of sp³-hybridized carbons (Fsp3) is 0.933. The van der Waals surface area contributed by atoms with E-state index in [9.17, 15) is 4.79 Å². The second-order valence-electron chi connectivity index (χ2n) is 7.05. The van der Waals surface area contributed by atoms with Crippen LogP contribution in [-0.4, -0.2) is 36.5 Å². The Balaban J connectivity index is 1.98. The Morgan fingerprint density at radius 3 is 2.28 bits per heavy atom. The number of nitrogens with one attached hydrogen (secondary N) is 1. The summed E-state index contributed by atoms with van der Waals surface area (Å²) in [5.41, 5.74) is 0.307. The number of likely N-dealkylation sites (N-methyl/N-ethyl adjacent to an activating group) is 1. The Kier molecular flexibility index (Phi) is 3.48. The quantitative estimate of drug-likeness (QED) is 0.832. The van der Waals surface area contributed by atoms with Crippen molar-refractivity contribution in [2.45, 2.75) is 53.5 Å². The van der Waals surface area contributed by atoms with Gasteiger partial charge in [0.05, 0.1) is 0 Å². The normalized spacial score (nSPS) is 29.3. The van der Waals surface area contributed by atoms with Crippen LogP contribution >= 0.6 is 0 Å². The van der Waals surface area contributed by atoms with Crippen LogP contribution in [0.2, 0.25) is 0 Å². The van der Waals surface area contributed by atoms with Crippen LogP contribution in [0.3, 0.4) is 0 Å². The summed E-state index contributed by atoms with van der Waals surface area (Å²) in [6, 6.07) is 0.513. The number of nitrogens with zero attached hydrogens (tertiary/aromatic N) is 1. The molecule has 1 unspecified atom stereocenters. The molecule has 0 aromatic heterocycles. The van der Waals surface area contributed by atoms with Crippen LogP contribution in [0.1, 0.15) is 47.5 Å². The van der Waals surface area contributed by atoms with Gasteiger partial charge in [-0.05, 0) is 37.1 Å². The third-order valence-corrected chi connectivity index (χ3v) is 5.56. The fourth-order valence-corrected chi connectivity index (χ4v) is 3.55. The van der Waals surface area contributed by atoms with E-state index in [2.05, 4.69) is 44.8 Å². The molecule has 2 rings (SSSR count). The van der Waals surface area contributed by atoms with E-state index in [0.29, 0.717) is 11.9 Å². The van der Waals surface area contributed by atoms with E-state index in [4.69, 9.17) is 0 Å². The highest BCUT2D eigenvalue weighted by Gasteiger charge is 2.68. The summed E-state index contributed by atoms with van der Waals surface area (Å²) in [6.45, 7) is 13.8. The van der Waals surface area contributed by atoms with Crippen LogP contribution in [0.5, 0.6) is 0 Å². The highest BCUT2D eigenvalue weighted by Crippen LogP contribution is 2.68. The zero-order chi connectivity index (χ0) is 13.6. The summed E-state index contributed by atoms with van der Waals surface area (Å²) in [5, 5.41) is 3.48. The molecule has 0 bridgehead atoms. The monoisotopic (exact) mass is 252 g/mol. The molecule has 0 aromatic carbocycles. The van der Waals surface area contributed by atoms with Crippen molar-refractivity contribution in [3.8, 4) is 0 Å². The highest BCUT2D eigenvalue weighted by atomic mass is 16.2. The fourth-order valence-electron chi connectivity index (χ4n) is 3.55. The highest BCUT2D eigenvalue weighted by molar-refractivity contribution is 5.84. The molecule has 1 saturated carbocycles. The lowest BCUT2D eigenvalue weighted by Crippen LogP contribution is -2.42. The van der Waals surface area contributed by atoms with E-state index in [1.54, 1.807) is 0 Å². The minimum Gasteiger partial charge on any atom is -0.341 e. The first-order valence-electron chi connectivity index (χ1n) is 7.34. The standard InChI is InChI=1S/C15H28N2O/c1-6-17(10-11-8-7-9-16-11)13(18)12-14(2,3)15(12,4)5/h11-12,16H,6-10H2,1-5H3. The summed E-state index contributed by atoms with van der Waals surface area (Å²) in [7, 11) is 0. The molecule has 1 N–H and O–H groups in total. The van der Waals surface area contributed by atoms with Crippen molar-refractivity contribution in [2.75, 3.05) is 19.6 Å². The third kappa shape index (κ3) is 2.07. The van der Waals surface area contributed by atoms with Crippen LogP contribution in [-0.2, 0) is 4.79 Å². The minimum absolute atomic E-state index is 0.153. The number of hydrogen-bond acceptors (Lipinski definition) is 2. The molecule has 1 amide bonds. The van der Waals surface area contributed by atoms with Crippen LogP contribution < -0.4 is 5.32 Å². The predicted octanol–water partition coefficient (Wildman–Crippen LogP) is 2.27. The van der Waals surface area contributed by atoms with Gasteiger partial charge in [-0.15, -0.1) is 0 Å². The van der Waals surface area contributed by atoms with Crippen molar-refractivity contribution in [3.05, 3.63) is 0 Å². The maximum absolute atomic E-state index is 12.7. The van der Waals surface area contributed by atoms with Crippen molar-refractivity contribution in [2.24, 2.45) is 16.7 Å². The van der Waals surface area contributed by atoms with E-state index in [0.717, 1.165) is 19.6 Å². The zero-order valence-corrected chi connectivity index (χ0v) is 12.5. The van der Waals surface area contributed by atoms with Gasteiger partial charge in [-0.1, -0.05) is 27.7 Å². The van der Waals surface area contributed by atoms with E-state index < -0.39 is 0 Å². The summed E-state index contributed by atoms with van der Waals surface area (Å²) < 4.78 is 0. The van der Waals surface area contributed by atoms with Crippen molar-refractivity contribution in [1.29, 1.82) is 0 Å². The minimum atomic E-state index is 0.153. The molecule has 0 spiro atoms. The average Bonchev–Trinajstić information content (AvgIpc) is 2.69. The van der Waals surface area contributed by atoms with Gasteiger partial charge < -0.3 is 10.2 Å². The molecule has 1 atom stereocenters. The number of rotatable bonds is 4.